The van der Waals surface area contributed by atoms with E-state index in [2.05, 4.69) is 21.9 Å². The number of aromatic nitrogens is 2. The van der Waals surface area contributed by atoms with E-state index in [0.29, 0.717) is 6.54 Å². The topological polar surface area (TPSA) is 50.2 Å². The Labute approximate surface area is 115 Å². The Morgan fingerprint density at radius 2 is 2.05 bits per heavy atom. The Kier molecular flexibility index (Phi) is 5.30. The number of hydrogen-bond donors (Lipinski definition) is 1. The predicted molar refractivity (Wildman–Crippen MR) is 78.2 cm³/mol. The van der Waals surface area contributed by atoms with Crippen LogP contribution >= 0.6 is 0 Å². The third-order valence-corrected chi connectivity index (χ3v) is 3.08. The lowest BCUT2D eigenvalue weighted by Gasteiger charge is -2.19. The van der Waals surface area contributed by atoms with Crippen LogP contribution in [0, 0.1) is 13.8 Å². The molecule has 0 aromatic carbocycles. The highest BCUT2D eigenvalue weighted by molar-refractivity contribution is 5.93. The summed E-state index contributed by atoms with van der Waals surface area (Å²) in [4.78, 5) is 14.1. The molecule has 106 valence electrons. The summed E-state index contributed by atoms with van der Waals surface area (Å²) in [5.74, 6) is -0.0118. The lowest BCUT2D eigenvalue weighted by molar-refractivity contribution is -0.117. The minimum atomic E-state index is -0.0118. The van der Waals surface area contributed by atoms with E-state index in [0.717, 1.165) is 35.7 Å². The molecular formula is C14H24N4O. The smallest absolute Gasteiger partial charge is 0.238 e. The summed E-state index contributed by atoms with van der Waals surface area (Å²) < 4.78 is 1.77. The number of carbonyl (C=O) groups excluding carboxylic acids is 1. The molecule has 0 aliphatic rings. The normalized spacial score (nSPS) is 10.8. The van der Waals surface area contributed by atoms with Crippen LogP contribution in [0.5, 0.6) is 0 Å². The first-order valence-electron chi connectivity index (χ1n) is 6.52. The Bertz CT molecular complexity index is 476. The molecule has 0 aliphatic carbocycles. The van der Waals surface area contributed by atoms with Crippen molar-refractivity contribution in [1.29, 1.82) is 0 Å². The van der Waals surface area contributed by atoms with Crippen LogP contribution in [-0.2, 0) is 11.8 Å². The van der Waals surface area contributed by atoms with Crippen molar-refractivity contribution in [2.75, 3.05) is 25.0 Å². The average Bonchev–Trinajstić information content (AvgIpc) is 2.54. The van der Waals surface area contributed by atoms with Crippen molar-refractivity contribution in [2.45, 2.75) is 27.7 Å². The largest absolute Gasteiger partial charge is 0.322 e. The second-order valence-corrected chi connectivity index (χ2v) is 4.98. The molecule has 1 heterocycles. The standard InChI is InChI=1S/C14H24N4O/c1-7-18(8-10(2)3)9-13(19)15-14-11(4)16-17(6)12(14)5/h2,7-9H2,1,3-6H3,(H,15,19). The van der Waals surface area contributed by atoms with Crippen molar-refractivity contribution in [3.63, 3.8) is 0 Å². The lowest BCUT2D eigenvalue weighted by atomic mass is 10.3. The average molecular weight is 264 g/mol. The molecule has 0 bridgehead atoms. The van der Waals surface area contributed by atoms with Gasteiger partial charge in [-0.1, -0.05) is 19.1 Å². The van der Waals surface area contributed by atoms with Crippen molar-refractivity contribution < 1.29 is 4.79 Å². The molecule has 1 rings (SSSR count). The monoisotopic (exact) mass is 264 g/mol. The number of carbonyl (C=O) groups is 1. The van der Waals surface area contributed by atoms with Gasteiger partial charge < -0.3 is 5.32 Å². The van der Waals surface area contributed by atoms with Crippen molar-refractivity contribution in [3.05, 3.63) is 23.5 Å². The van der Waals surface area contributed by atoms with E-state index >= 15 is 0 Å². The maximum atomic E-state index is 12.1. The third kappa shape index (κ3) is 4.21. The van der Waals surface area contributed by atoms with E-state index in [1.807, 2.05) is 34.7 Å². The van der Waals surface area contributed by atoms with Gasteiger partial charge in [-0.05, 0) is 27.3 Å². The van der Waals surface area contributed by atoms with Gasteiger partial charge in [-0.2, -0.15) is 5.10 Å². The van der Waals surface area contributed by atoms with Crippen LogP contribution in [0.2, 0.25) is 0 Å². The van der Waals surface area contributed by atoms with Crippen LogP contribution in [0.15, 0.2) is 12.2 Å². The van der Waals surface area contributed by atoms with Gasteiger partial charge in [-0.25, -0.2) is 0 Å². The Morgan fingerprint density at radius 3 is 2.47 bits per heavy atom. The number of hydrogen-bond acceptors (Lipinski definition) is 3. The third-order valence-electron chi connectivity index (χ3n) is 3.08. The number of nitrogens with zero attached hydrogens (tertiary/aromatic N) is 3. The first-order chi connectivity index (χ1) is 8.85. The predicted octanol–water partition coefficient (Wildman–Crippen LogP) is 1.87. The maximum absolute atomic E-state index is 12.1. The molecule has 0 atom stereocenters. The van der Waals surface area contributed by atoms with E-state index in [9.17, 15) is 4.79 Å². The van der Waals surface area contributed by atoms with Crippen LogP contribution in [-0.4, -0.2) is 40.2 Å². The van der Waals surface area contributed by atoms with Gasteiger partial charge in [-0.15, -0.1) is 0 Å². The van der Waals surface area contributed by atoms with Crippen LogP contribution in [0.4, 0.5) is 5.69 Å². The maximum Gasteiger partial charge on any atom is 0.238 e. The summed E-state index contributed by atoms with van der Waals surface area (Å²) in [6, 6.07) is 0. The molecule has 0 radical (unpaired) electrons. The summed E-state index contributed by atoms with van der Waals surface area (Å²) in [6.45, 7) is 13.7. The van der Waals surface area contributed by atoms with Gasteiger partial charge in [0.25, 0.3) is 0 Å². The molecule has 0 saturated carbocycles. The van der Waals surface area contributed by atoms with Crippen LogP contribution in [0.1, 0.15) is 25.2 Å². The van der Waals surface area contributed by atoms with Crippen molar-refractivity contribution in [2.24, 2.45) is 7.05 Å². The van der Waals surface area contributed by atoms with Gasteiger partial charge in [0, 0.05) is 13.6 Å². The molecular weight excluding hydrogens is 240 g/mol. The number of aryl methyl sites for hydroxylation is 2. The van der Waals surface area contributed by atoms with Crippen molar-refractivity contribution >= 4 is 11.6 Å². The van der Waals surface area contributed by atoms with Crippen LogP contribution in [0.25, 0.3) is 0 Å². The van der Waals surface area contributed by atoms with E-state index < -0.39 is 0 Å². The SMILES string of the molecule is C=C(C)CN(CC)CC(=O)Nc1c(C)nn(C)c1C. The van der Waals surface area contributed by atoms with Gasteiger partial charge >= 0.3 is 0 Å². The van der Waals surface area contributed by atoms with Gasteiger partial charge in [0.2, 0.25) is 5.91 Å². The Balaban J connectivity index is 2.66. The molecule has 0 unspecified atom stereocenters. The van der Waals surface area contributed by atoms with E-state index in [-0.39, 0.29) is 5.91 Å². The molecule has 0 fully saturated rings. The fraction of sp³-hybridized carbons (Fsp3) is 0.571. The Morgan fingerprint density at radius 1 is 1.42 bits per heavy atom. The summed E-state index contributed by atoms with van der Waals surface area (Å²) in [6.07, 6.45) is 0. The molecule has 0 aliphatic heterocycles. The quantitative estimate of drug-likeness (QED) is 0.798. The summed E-state index contributed by atoms with van der Waals surface area (Å²) in [5, 5.41) is 7.23. The summed E-state index contributed by atoms with van der Waals surface area (Å²) in [5.41, 5.74) is 3.69. The molecule has 5 heteroatoms. The highest BCUT2D eigenvalue weighted by Gasteiger charge is 2.14. The van der Waals surface area contributed by atoms with Gasteiger partial charge in [0.15, 0.2) is 0 Å². The van der Waals surface area contributed by atoms with E-state index in [1.165, 1.54) is 0 Å². The van der Waals surface area contributed by atoms with Crippen LogP contribution in [0.3, 0.4) is 0 Å². The van der Waals surface area contributed by atoms with Crippen molar-refractivity contribution in [1.82, 2.24) is 14.7 Å². The zero-order valence-electron chi connectivity index (χ0n) is 12.6. The molecule has 1 aromatic heterocycles. The minimum Gasteiger partial charge on any atom is -0.322 e. The summed E-state index contributed by atoms with van der Waals surface area (Å²) >= 11 is 0. The molecule has 1 N–H and O–H groups in total. The van der Waals surface area contributed by atoms with Gasteiger partial charge in [0.05, 0.1) is 23.6 Å². The molecule has 1 aromatic rings. The second kappa shape index (κ2) is 6.52. The molecule has 5 nitrogen and oxygen atoms in total. The van der Waals surface area contributed by atoms with Gasteiger partial charge in [0.1, 0.15) is 0 Å². The fourth-order valence-electron chi connectivity index (χ4n) is 2.00. The first kappa shape index (κ1) is 15.4. The molecule has 0 spiro atoms. The van der Waals surface area contributed by atoms with E-state index in [1.54, 1.807) is 4.68 Å². The van der Waals surface area contributed by atoms with Crippen LogP contribution < -0.4 is 5.32 Å². The van der Waals surface area contributed by atoms with Gasteiger partial charge in [-0.3, -0.25) is 14.4 Å². The fourth-order valence-corrected chi connectivity index (χ4v) is 2.00. The lowest BCUT2D eigenvalue weighted by Crippen LogP contribution is -2.34. The minimum absolute atomic E-state index is 0.0118. The summed E-state index contributed by atoms with van der Waals surface area (Å²) in [7, 11) is 1.87. The number of anilines is 1. The zero-order chi connectivity index (χ0) is 14.6. The van der Waals surface area contributed by atoms with Crippen molar-refractivity contribution in [3.8, 4) is 0 Å². The number of rotatable bonds is 6. The highest BCUT2D eigenvalue weighted by Crippen LogP contribution is 2.18. The molecule has 1 amide bonds. The second-order valence-electron chi connectivity index (χ2n) is 4.98. The highest BCUT2D eigenvalue weighted by atomic mass is 16.2. The number of nitrogens with one attached hydrogen (secondary N) is 1. The Hall–Kier alpha value is -1.62. The number of likely N-dealkylation sites (N-methyl/N-ethyl adjacent to an activating group) is 1. The first-order valence-corrected chi connectivity index (χ1v) is 6.52. The van der Waals surface area contributed by atoms with E-state index in [4.69, 9.17) is 0 Å². The molecule has 0 saturated heterocycles. The number of amides is 1. The molecule has 19 heavy (non-hydrogen) atoms. The zero-order valence-corrected chi connectivity index (χ0v) is 12.6.